The number of pyridine rings is 1. The first kappa shape index (κ1) is 15.1. The smallest absolute Gasteiger partial charge is 0.257 e. The van der Waals surface area contributed by atoms with Gasteiger partial charge in [0.25, 0.3) is 5.91 Å². The molecule has 1 aliphatic carbocycles. The molecule has 1 fully saturated rings. The summed E-state index contributed by atoms with van der Waals surface area (Å²) >= 11 is 0. The zero-order valence-corrected chi connectivity index (χ0v) is 13.1. The van der Waals surface area contributed by atoms with Crippen LogP contribution in [0.5, 0.6) is 11.5 Å². The number of benzene rings is 1. The number of ether oxygens (including phenoxy) is 2. The molecule has 0 radical (unpaired) electrons. The highest BCUT2D eigenvalue weighted by Crippen LogP contribution is 2.25. The first-order valence-electron chi connectivity index (χ1n) is 7.45. The topological polar surface area (TPSA) is 72.5 Å². The molecule has 2 N–H and O–H groups in total. The van der Waals surface area contributed by atoms with Crippen LogP contribution >= 0.6 is 0 Å². The Balaban J connectivity index is 1.70. The molecule has 0 atom stereocenters. The number of nitrogens with zero attached hydrogens (tertiary/aromatic N) is 1. The first-order chi connectivity index (χ1) is 11.2. The van der Waals surface area contributed by atoms with E-state index in [0.29, 0.717) is 28.9 Å². The molecule has 1 heterocycles. The monoisotopic (exact) mass is 313 g/mol. The number of carbonyl (C=O) groups excluding carboxylic acids is 1. The van der Waals surface area contributed by atoms with E-state index in [2.05, 4.69) is 15.6 Å². The molecule has 0 unspecified atom stereocenters. The van der Waals surface area contributed by atoms with Crippen LogP contribution in [0.3, 0.4) is 0 Å². The minimum Gasteiger partial charge on any atom is -0.497 e. The molecular formula is C17H19N3O3. The Morgan fingerprint density at radius 3 is 2.35 bits per heavy atom. The maximum atomic E-state index is 12.3. The van der Waals surface area contributed by atoms with Crippen molar-refractivity contribution in [3.8, 4) is 11.5 Å². The number of methoxy groups -OCH3 is 2. The fourth-order valence-electron chi connectivity index (χ4n) is 2.14. The maximum absolute atomic E-state index is 12.3. The van der Waals surface area contributed by atoms with Gasteiger partial charge in [0.05, 0.1) is 26.1 Å². The van der Waals surface area contributed by atoms with Crippen LogP contribution in [0.15, 0.2) is 36.5 Å². The summed E-state index contributed by atoms with van der Waals surface area (Å²) in [5, 5.41) is 6.12. The third-order valence-electron chi connectivity index (χ3n) is 3.57. The number of nitrogens with one attached hydrogen (secondary N) is 2. The van der Waals surface area contributed by atoms with Crippen LogP contribution in [0.1, 0.15) is 23.2 Å². The van der Waals surface area contributed by atoms with Gasteiger partial charge in [-0.25, -0.2) is 4.98 Å². The lowest BCUT2D eigenvalue weighted by Crippen LogP contribution is -2.13. The minimum atomic E-state index is -0.266. The van der Waals surface area contributed by atoms with E-state index in [1.54, 1.807) is 44.7 Å². The summed E-state index contributed by atoms with van der Waals surface area (Å²) < 4.78 is 10.3. The van der Waals surface area contributed by atoms with Gasteiger partial charge in [0.2, 0.25) is 0 Å². The number of rotatable bonds is 6. The van der Waals surface area contributed by atoms with E-state index in [4.69, 9.17) is 9.47 Å². The Morgan fingerprint density at radius 1 is 1.13 bits per heavy atom. The van der Waals surface area contributed by atoms with Crippen LogP contribution in [-0.2, 0) is 0 Å². The zero-order chi connectivity index (χ0) is 16.2. The van der Waals surface area contributed by atoms with Crippen LogP contribution < -0.4 is 20.1 Å². The van der Waals surface area contributed by atoms with Crippen molar-refractivity contribution in [1.82, 2.24) is 4.98 Å². The molecule has 120 valence electrons. The van der Waals surface area contributed by atoms with E-state index in [1.165, 1.54) is 12.8 Å². The molecule has 0 saturated heterocycles. The standard InChI is InChI=1S/C17H19N3O3/c1-22-14-7-11(8-15(9-14)23-2)17(21)20-16-6-5-13(10-18-16)19-12-3-4-12/h5-10,12,19H,3-4H2,1-2H3,(H,18,20,21). The average Bonchev–Trinajstić information content (AvgIpc) is 3.40. The zero-order valence-electron chi connectivity index (χ0n) is 13.1. The Bertz CT molecular complexity index is 674. The third kappa shape index (κ3) is 3.91. The molecule has 0 bridgehead atoms. The molecule has 1 saturated carbocycles. The molecule has 0 spiro atoms. The van der Waals surface area contributed by atoms with E-state index >= 15 is 0 Å². The number of amides is 1. The summed E-state index contributed by atoms with van der Waals surface area (Å²) in [7, 11) is 3.09. The number of aromatic nitrogens is 1. The summed E-state index contributed by atoms with van der Waals surface area (Å²) in [6.07, 6.45) is 4.13. The van der Waals surface area contributed by atoms with Gasteiger partial charge in [-0.15, -0.1) is 0 Å². The lowest BCUT2D eigenvalue weighted by molar-refractivity contribution is 0.102. The van der Waals surface area contributed by atoms with Gasteiger partial charge in [0, 0.05) is 17.7 Å². The second-order valence-corrected chi connectivity index (χ2v) is 5.41. The fraction of sp³-hybridized carbons (Fsp3) is 0.294. The molecular weight excluding hydrogens is 294 g/mol. The van der Waals surface area contributed by atoms with E-state index < -0.39 is 0 Å². The molecule has 0 aliphatic heterocycles. The lowest BCUT2D eigenvalue weighted by atomic mass is 10.2. The number of hydrogen-bond donors (Lipinski definition) is 2. The molecule has 2 aromatic rings. The van der Waals surface area contributed by atoms with Gasteiger partial charge < -0.3 is 20.1 Å². The van der Waals surface area contributed by atoms with Crippen molar-refractivity contribution in [3.05, 3.63) is 42.1 Å². The second kappa shape index (κ2) is 6.56. The predicted octanol–water partition coefficient (Wildman–Crippen LogP) is 2.93. The highest BCUT2D eigenvalue weighted by atomic mass is 16.5. The summed E-state index contributed by atoms with van der Waals surface area (Å²) in [5.74, 6) is 1.36. The van der Waals surface area contributed by atoms with Gasteiger partial charge in [0.1, 0.15) is 17.3 Å². The van der Waals surface area contributed by atoms with E-state index in [-0.39, 0.29) is 5.91 Å². The van der Waals surface area contributed by atoms with E-state index in [1.807, 2.05) is 6.07 Å². The van der Waals surface area contributed by atoms with E-state index in [9.17, 15) is 4.79 Å². The third-order valence-corrected chi connectivity index (χ3v) is 3.57. The van der Waals surface area contributed by atoms with E-state index in [0.717, 1.165) is 5.69 Å². The maximum Gasteiger partial charge on any atom is 0.257 e. The summed E-state index contributed by atoms with van der Waals surface area (Å²) in [6, 6.07) is 9.28. The minimum absolute atomic E-state index is 0.266. The molecule has 1 aromatic carbocycles. The Labute approximate surface area is 134 Å². The molecule has 1 aromatic heterocycles. The summed E-state index contributed by atoms with van der Waals surface area (Å²) in [5.41, 5.74) is 1.41. The highest BCUT2D eigenvalue weighted by molar-refractivity contribution is 6.04. The van der Waals surface area contributed by atoms with Crippen molar-refractivity contribution in [3.63, 3.8) is 0 Å². The van der Waals surface area contributed by atoms with Gasteiger partial charge in [-0.2, -0.15) is 0 Å². The van der Waals surface area contributed by atoms with Crippen LogP contribution in [-0.4, -0.2) is 31.2 Å². The Morgan fingerprint density at radius 2 is 1.83 bits per heavy atom. The van der Waals surface area contributed by atoms with Gasteiger partial charge in [-0.3, -0.25) is 4.79 Å². The molecule has 23 heavy (non-hydrogen) atoms. The van der Waals surface area contributed by atoms with Crippen LogP contribution in [0.25, 0.3) is 0 Å². The van der Waals surface area contributed by atoms with Crippen molar-refractivity contribution in [2.24, 2.45) is 0 Å². The highest BCUT2D eigenvalue weighted by Gasteiger charge is 2.20. The molecule has 6 nitrogen and oxygen atoms in total. The van der Waals surface area contributed by atoms with Gasteiger partial charge >= 0.3 is 0 Å². The largest absolute Gasteiger partial charge is 0.497 e. The number of anilines is 2. The second-order valence-electron chi connectivity index (χ2n) is 5.41. The van der Waals surface area contributed by atoms with Crippen molar-refractivity contribution < 1.29 is 14.3 Å². The van der Waals surface area contributed by atoms with Crippen LogP contribution in [0, 0.1) is 0 Å². The fourth-order valence-corrected chi connectivity index (χ4v) is 2.14. The molecule has 1 aliphatic rings. The summed E-state index contributed by atoms with van der Waals surface area (Å²) in [6.45, 7) is 0. The quantitative estimate of drug-likeness (QED) is 0.858. The van der Waals surface area contributed by atoms with Crippen molar-refractivity contribution in [2.45, 2.75) is 18.9 Å². The Hall–Kier alpha value is -2.76. The molecule has 3 rings (SSSR count). The van der Waals surface area contributed by atoms with Crippen LogP contribution in [0.2, 0.25) is 0 Å². The SMILES string of the molecule is COc1cc(OC)cc(C(=O)Nc2ccc(NC3CC3)cn2)c1. The summed E-state index contributed by atoms with van der Waals surface area (Å²) in [4.78, 5) is 16.6. The Kier molecular flexibility index (Phi) is 4.32. The van der Waals surface area contributed by atoms with Gasteiger partial charge in [-0.05, 0) is 37.1 Å². The lowest BCUT2D eigenvalue weighted by Gasteiger charge is -2.09. The van der Waals surface area contributed by atoms with Crippen molar-refractivity contribution in [2.75, 3.05) is 24.9 Å². The first-order valence-corrected chi connectivity index (χ1v) is 7.45. The van der Waals surface area contributed by atoms with Crippen molar-refractivity contribution >= 4 is 17.4 Å². The normalized spacial score (nSPS) is 13.3. The van der Waals surface area contributed by atoms with Gasteiger partial charge in [-0.1, -0.05) is 0 Å². The number of hydrogen-bond acceptors (Lipinski definition) is 5. The van der Waals surface area contributed by atoms with Crippen LogP contribution in [0.4, 0.5) is 11.5 Å². The van der Waals surface area contributed by atoms with Gasteiger partial charge in [0.15, 0.2) is 0 Å². The number of carbonyl (C=O) groups is 1. The van der Waals surface area contributed by atoms with Crippen molar-refractivity contribution in [1.29, 1.82) is 0 Å². The molecule has 1 amide bonds. The molecule has 6 heteroatoms. The predicted molar refractivity (Wildman–Crippen MR) is 88.4 cm³/mol. The average molecular weight is 313 g/mol.